The minimum absolute atomic E-state index is 0.0237. The largest absolute Gasteiger partial charge is 0.368 e. The SMILES string of the molecule is Cc1cccc(N2CCN(C(=O)CCn3c(N4CCCC4)nc4ccsc4c3=O)CC2)c1C. The number of piperazine rings is 1. The lowest BCUT2D eigenvalue weighted by molar-refractivity contribution is -0.131. The number of aryl methyl sites for hydroxylation is 1. The molecule has 2 fully saturated rings. The molecule has 1 aromatic carbocycles. The molecule has 7 nitrogen and oxygen atoms in total. The fourth-order valence-electron chi connectivity index (χ4n) is 4.93. The van der Waals surface area contributed by atoms with Gasteiger partial charge < -0.3 is 14.7 Å². The zero-order chi connectivity index (χ0) is 22.9. The van der Waals surface area contributed by atoms with Gasteiger partial charge in [0.1, 0.15) is 4.70 Å². The van der Waals surface area contributed by atoms with Crippen LogP contribution in [0, 0.1) is 13.8 Å². The molecule has 0 saturated carbocycles. The second kappa shape index (κ2) is 9.17. The van der Waals surface area contributed by atoms with Crippen LogP contribution in [0.5, 0.6) is 0 Å². The van der Waals surface area contributed by atoms with Gasteiger partial charge in [-0.15, -0.1) is 11.3 Å². The van der Waals surface area contributed by atoms with Gasteiger partial charge in [-0.05, 0) is 55.3 Å². The molecule has 2 aromatic heterocycles. The van der Waals surface area contributed by atoms with E-state index < -0.39 is 0 Å². The first-order valence-corrected chi connectivity index (χ1v) is 12.7. The second-order valence-corrected chi connectivity index (χ2v) is 9.95. The maximum atomic E-state index is 13.2. The summed E-state index contributed by atoms with van der Waals surface area (Å²) in [6.07, 6.45) is 2.55. The molecule has 0 N–H and O–H groups in total. The molecular weight excluding hydrogens is 434 g/mol. The molecule has 33 heavy (non-hydrogen) atoms. The van der Waals surface area contributed by atoms with Crippen LogP contribution in [0.25, 0.3) is 10.2 Å². The number of aromatic nitrogens is 2. The number of hydrogen-bond acceptors (Lipinski definition) is 6. The summed E-state index contributed by atoms with van der Waals surface area (Å²) in [5.41, 5.74) is 4.60. The quantitative estimate of drug-likeness (QED) is 0.578. The average Bonchev–Trinajstić information content (AvgIpc) is 3.52. The number of rotatable bonds is 5. The lowest BCUT2D eigenvalue weighted by atomic mass is 10.1. The number of thiophene rings is 1. The number of anilines is 2. The molecule has 3 aromatic rings. The lowest BCUT2D eigenvalue weighted by Crippen LogP contribution is -2.49. The highest BCUT2D eigenvalue weighted by molar-refractivity contribution is 7.17. The predicted molar refractivity (Wildman–Crippen MR) is 135 cm³/mol. The fraction of sp³-hybridized carbons (Fsp3) is 0.480. The van der Waals surface area contributed by atoms with Crippen molar-refractivity contribution in [1.29, 1.82) is 0 Å². The molecule has 2 saturated heterocycles. The van der Waals surface area contributed by atoms with Crippen LogP contribution in [0.2, 0.25) is 0 Å². The summed E-state index contributed by atoms with van der Waals surface area (Å²) < 4.78 is 2.40. The molecule has 0 aliphatic carbocycles. The molecule has 0 bridgehead atoms. The summed E-state index contributed by atoms with van der Waals surface area (Å²) in [7, 11) is 0. The highest BCUT2D eigenvalue weighted by atomic mass is 32.1. The molecule has 2 aliphatic rings. The van der Waals surface area contributed by atoms with Crippen LogP contribution < -0.4 is 15.4 Å². The maximum absolute atomic E-state index is 13.2. The van der Waals surface area contributed by atoms with Crippen LogP contribution in [0.3, 0.4) is 0 Å². The molecule has 0 unspecified atom stereocenters. The number of amides is 1. The van der Waals surface area contributed by atoms with Crippen molar-refractivity contribution in [2.75, 3.05) is 49.1 Å². The highest BCUT2D eigenvalue weighted by Crippen LogP contribution is 2.25. The van der Waals surface area contributed by atoms with Gasteiger partial charge in [0.2, 0.25) is 11.9 Å². The van der Waals surface area contributed by atoms with E-state index in [0.29, 0.717) is 30.8 Å². The van der Waals surface area contributed by atoms with E-state index in [1.807, 2.05) is 16.3 Å². The molecular formula is C25H31N5O2S. The van der Waals surface area contributed by atoms with Gasteiger partial charge in [-0.1, -0.05) is 12.1 Å². The van der Waals surface area contributed by atoms with E-state index in [2.05, 4.69) is 41.8 Å². The van der Waals surface area contributed by atoms with Gasteiger partial charge in [0, 0.05) is 57.9 Å². The van der Waals surface area contributed by atoms with Crippen LogP contribution >= 0.6 is 11.3 Å². The summed E-state index contributed by atoms with van der Waals surface area (Å²) in [5, 5.41) is 1.91. The first-order chi connectivity index (χ1) is 16.0. The molecule has 0 atom stereocenters. The van der Waals surface area contributed by atoms with E-state index in [4.69, 9.17) is 4.98 Å². The molecule has 0 spiro atoms. The third-order valence-electron chi connectivity index (χ3n) is 7.03. The van der Waals surface area contributed by atoms with E-state index in [1.165, 1.54) is 28.2 Å². The third-order valence-corrected chi connectivity index (χ3v) is 7.92. The van der Waals surface area contributed by atoms with Crippen molar-refractivity contribution in [1.82, 2.24) is 14.5 Å². The standard InChI is InChI=1S/C25H31N5O2S/c1-18-6-5-7-21(19(18)2)27-13-15-28(16-14-27)22(31)8-12-30-24(32)23-20(9-17-33-23)26-25(30)29-10-3-4-11-29/h5-7,9,17H,3-4,8,10-16H2,1-2H3. The van der Waals surface area contributed by atoms with Crippen LogP contribution in [-0.2, 0) is 11.3 Å². The van der Waals surface area contributed by atoms with Gasteiger partial charge in [0.15, 0.2) is 0 Å². The predicted octanol–water partition coefficient (Wildman–Crippen LogP) is 3.41. The molecule has 4 heterocycles. The Morgan fingerprint density at radius 2 is 1.76 bits per heavy atom. The topological polar surface area (TPSA) is 61.7 Å². The van der Waals surface area contributed by atoms with Crippen molar-refractivity contribution in [3.8, 4) is 0 Å². The molecule has 1 amide bonds. The number of nitrogens with zero attached hydrogens (tertiary/aromatic N) is 5. The fourth-order valence-corrected chi connectivity index (χ4v) is 5.71. The highest BCUT2D eigenvalue weighted by Gasteiger charge is 2.24. The van der Waals surface area contributed by atoms with Gasteiger partial charge in [-0.3, -0.25) is 14.2 Å². The summed E-state index contributed by atoms with van der Waals surface area (Å²) in [6, 6.07) is 8.31. The minimum Gasteiger partial charge on any atom is -0.368 e. The summed E-state index contributed by atoms with van der Waals surface area (Å²) in [5.74, 6) is 0.831. The van der Waals surface area contributed by atoms with Crippen LogP contribution in [0.15, 0.2) is 34.4 Å². The van der Waals surface area contributed by atoms with E-state index in [-0.39, 0.29) is 11.5 Å². The van der Waals surface area contributed by atoms with Crippen LogP contribution in [0.1, 0.15) is 30.4 Å². The Bertz CT molecular complexity index is 1220. The van der Waals surface area contributed by atoms with Gasteiger partial charge >= 0.3 is 0 Å². The van der Waals surface area contributed by atoms with E-state index in [9.17, 15) is 9.59 Å². The Labute approximate surface area is 198 Å². The molecule has 0 radical (unpaired) electrons. The third kappa shape index (κ3) is 4.24. The van der Waals surface area contributed by atoms with Crippen molar-refractivity contribution in [2.45, 2.75) is 39.7 Å². The van der Waals surface area contributed by atoms with Gasteiger partial charge in [0.25, 0.3) is 5.56 Å². The Hall–Kier alpha value is -2.87. The van der Waals surface area contributed by atoms with Crippen molar-refractivity contribution in [3.63, 3.8) is 0 Å². The first-order valence-electron chi connectivity index (χ1n) is 11.8. The summed E-state index contributed by atoms with van der Waals surface area (Å²) in [4.78, 5) is 37.5. The van der Waals surface area contributed by atoms with E-state index in [0.717, 1.165) is 50.5 Å². The van der Waals surface area contributed by atoms with Crippen molar-refractivity contribution >= 4 is 39.1 Å². The zero-order valence-electron chi connectivity index (χ0n) is 19.4. The molecule has 174 valence electrons. The van der Waals surface area contributed by atoms with Crippen LogP contribution in [0.4, 0.5) is 11.6 Å². The smallest absolute Gasteiger partial charge is 0.272 e. The molecule has 8 heteroatoms. The van der Waals surface area contributed by atoms with E-state index in [1.54, 1.807) is 4.57 Å². The molecule has 2 aliphatic heterocycles. The number of fused-ring (bicyclic) bond motifs is 1. The van der Waals surface area contributed by atoms with E-state index >= 15 is 0 Å². The minimum atomic E-state index is -0.0237. The summed E-state index contributed by atoms with van der Waals surface area (Å²) >= 11 is 1.43. The lowest BCUT2D eigenvalue weighted by Gasteiger charge is -2.37. The average molecular weight is 466 g/mol. The maximum Gasteiger partial charge on any atom is 0.272 e. The number of hydrogen-bond donors (Lipinski definition) is 0. The number of carbonyl (C=O) groups excluding carboxylic acids is 1. The Kier molecular flexibility index (Phi) is 6.10. The van der Waals surface area contributed by atoms with Crippen LogP contribution in [-0.4, -0.2) is 59.6 Å². The van der Waals surface area contributed by atoms with Gasteiger partial charge in [-0.2, -0.15) is 0 Å². The number of benzene rings is 1. The monoisotopic (exact) mass is 465 g/mol. The van der Waals surface area contributed by atoms with Crippen molar-refractivity contribution in [3.05, 3.63) is 51.1 Å². The van der Waals surface area contributed by atoms with Gasteiger partial charge in [0.05, 0.1) is 5.52 Å². The zero-order valence-corrected chi connectivity index (χ0v) is 20.2. The normalized spacial score (nSPS) is 16.7. The molecule has 5 rings (SSSR count). The summed E-state index contributed by atoms with van der Waals surface area (Å²) in [6.45, 7) is 9.59. The van der Waals surface area contributed by atoms with Gasteiger partial charge in [-0.25, -0.2) is 4.98 Å². The Balaban J connectivity index is 1.27. The first kappa shape index (κ1) is 21.9. The Morgan fingerprint density at radius 1 is 1.00 bits per heavy atom. The Morgan fingerprint density at radius 3 is 2.52 bits per heavy atom. The second-order valence-electron chi connectivity index (χ2n) is 9.03. The number of carbonyl (C=O) groups is 1. The van der Waals surface area contributed by atoms with Crippen molar-refractivity contribution in [2.24, 2.45) is 0 Å². The van der Waals surface area contributed by atoms with Crippen molar-refractivity contribution < 1.29 is 4.79 Å².